The second-order valence-electron chi connectivity index (χ2n) is 10.1. The van der Waals surface area contributed by atoms with E-state index in [1.54, 1.807) is 0 Å². The van der Waals surface area contributed by atoms with Crippen molar-refractivity contribution < 1.29 is 31.9 Å². The van der Waals surface area contributed by atoms with Gasteiger partial charge >= 0.3 is 6.18 Å². The molecular formula is C24H23F4N7O3. The number of pyridine rings is 1. The molecule has 2 aliphatic carbocycles. The van der Waals surface area contributed by atoms with Gasteiger partial charge in [0.1, 0.15) is 23.6 Å². The molecule has 0 bridgehead atoms. The molecule has 3 N–H and O–H groups in total. The Kier molecular flexibility index (Phi) is 5.30. The number of amides is 2. The third kappa shape index (κ3) is 3.89. The van der Waals surface area contributed by atoms with Gasteiger partial charge in [-0.3, -0.25) is 9.59 Å². The maximum atomic E-state index is 14.8. The number of nitrogens with zero attached hydrogens (tertiary/aromatic N) is 5. The van der Waals surface area contributed by atoms with E-state index in [-0.39, 0.29) is 58.8 Å². The van der Waals surface area contributed by atoms with Crippen LogP contribution in [0.25, 0.3) is 16.8 Å². The number of ether oxygens (including phenoxy) is 1. The van der Waals surface area contributed by atoms with Crippen molar-refractivity contribution in [3.63, 3.8) is 0 Å². The zero-order valence-electron chi connectivity index (χ0n) is 20.1. The van der Waals surface area contributed by atoms with Gasteiger partial charge in [0.2, 0.25) is 11.8 Å². The van der Waals surface area contributed by atoms with E-state index >= 15 is 0 Å². The summed E-state index contributed by atoms with van der Waals surface area (Å²) in [5.41, 5.74) is 4.32. The number of carbonyl (C=O) groups excluding carboxylic acids is 2. The van der Waals surface area contributed by atoms with Crippen LogP contribution in [0, 0.1) is 11.3 Å². The van der Waals surface area contributed by atoms with Crippen molar-refractivity contribution in [1.82, 2.24) is 29.8 Å². The first-order valence-corrected chi connectivity index (χ1v) is 12.0. The number of nitrogen functional groups attached to an aromatic ring is 1. The molecular weight excluding hydrogens is 510 g/mol. The zero-order chi connectivity index (χ0) is 27.0. The fraction of sp³-hybridized carbons (Fsp3) is 0.458. The average Bonchev–Trinajstić information content (AvgIpc) is 3.72. The van der Waals surface area contributed by atoms with Crippen LogP contribution in [0.15, 0.2) is 24.7 Å². The van der Waals surface area contributed by atoms with Crippen LogP contribution in [0.4, 0.5) is 23.4 Å². The predicted molar refractivity (Wildman–Crippen MR) is 125 cm³/mol. The Morgan fingerprint density at radius 2 is 1.97 bits per heavy atom. The molecule has 3 aliphatic rings. The summed E-state index contributed by atoms with van der Waals surface area (Å²) in [4.78, 5) is 35.1. The van der Waals surface area contributed by atoms with E-state index in [4.69, 9.17) is 10.5 Å². The quantitative estimate of drug-likeness (QED) is 0.483. The molecule has 3 fully saturated rings. The van der Waals surface area contributed by atoms with Crippen molar-refractivity contribution in [2.24, 2.45) is 11.3 Å². The number of hydrogen-bond donors (Lipinski definition) is 2. The van der Waals surface area contributed by atoms with E-state index in [1.807, 2.05) is 0 Å². The number of nitrogens with one attached hydrogen (secondary N) is 1. The first-order chi connectivity index (χ1) is 18.0. The van der Waals surface area contributed by atoms with Crippen molar-refractivity contribution in [3.8, 4) is 17.1 Å². The van der Waals surface area contributed by atoms with Crippen molar-refractivity contribution in [3.05, 3.63) is 35.8 Å². The second kappa shape index (κ2) is 8.27. The molecule has 6 rings (SSSR count). The average molecular weight is 533 g/mol. The normalized spacial score (nSPS) is 23.6. The molecule has 4 heterocycles. The zero-order valence-corrected chi connectivity index (χ0v) is 20.1. The van der Waals surface area contributed by atoms with Gasteiger partial charge in [-0.2, -0.15) is 18.3 Å². The first kappa shape index (κ1) is 24.4. The second-order valence-corrected chi connectivity index (χ2v) is 10.1. The van der Waals surface area contributed by atoms with Crippen LogP contribution in [0.1, 0.15) is 35.2 Å². The molecule has 1 saturated heterocycles. The predicted octanol–water partition coefficient (Wildman–Crippen LogP) is 2.48. The highest BCUT2D eigenvalue weighted by Crippen LogP contribution is 2.71. The Morgan fingerprint density at radius 1 is 1.21 bits per heavy atom. The van der Waals surface area contributed by atoms with Crippen molar-refractivity contribution in [2.45, 2.75) is 37.7 Å². The highest BCUT2D eigenvalue weighted by atomic mass is 19.4. The van der Waals surface area contributed by atoms with E-state index < -0.39 is 35.4 Å². The van der Waals surface area contributed by atoms with Gasteiger partial charge in [-0.1, -0.05) is 0 Å². The molecule has 0 aromatic carbocycles. The lowest BCUT2D eigenvalue weighted by Gasteiger charge is -2.17. The monoisotopic (exact) mass is 533 g/mol. The SMILES string of the molecule is COc1ncc(-c2cc(C(F)(F)F)c3c(N)ncnn23)cc1C(=O)N[C@@H]1CN(C(=O)C2CC23CC3)C[C@@H]1F. The fourth-order valence-electron chi connectivity index (χ4n) is 5.36. The molecule has 2 saturated carbocycles. The van der Waals surface area contributed by atoms with E-state index in [1.165, 1.54) is 24.3 Å². The van der Waals surface area contributed by atoms with Crippen LogP contribution in [0.3, 0.4) is 0 Å². The van der Waals surface area contributed by atoms with Gasteiger partial charge in [0, 0.05) is 24.2 Å². The molecule has 3 aromatic heterocycles. The summed E-state index contributed by atoms with van der Waals surface area (Å²) < 4.78 is 62.1. The van der Waals surface area contributed by atoms with Gasteiger partial charge < -0.3 is 20.7 Å². The molecule has 1 unspecified atom stereocenters. The summed E-state index contributed by atoms with van der Waals surface area (Å²) >= 11 is 0. The number of anilines is 1. The Labute approximate surface area is 213 Å². The summed E-state index contributed by atoms with van der Waals surface area (Å²) in [7, 11) is 1.28. The number of nitrogens with two attached hydrogens (primary N) is 1. The number of alkyl halides is 4. The maximum absolute atomic E-state index is 14.8. The fourth-order valence-corrected chi connectivity index (χ4v) is 5.36. The van der Waals surface area contributed by atoms with Crippen LogP contribution in [-0.4, -0.2) is 68.7 Å². The van der Waals surface area contributed by atoms with E-state index in [0.29, 0.717) is 0 Å². The molecule has 3 atom stereocenters. The number of halogens is 4. The van der Waals surface area contributed by atoms with Gasteiger partial charge in [0.25, 0.3) is 5.91 Å². The summed E-state index contributed by atoms with van der Waals surface area (Å²) in [6.07, 6.45) is -1.08. The molecule has 2 amide bonds. The number of likely N-dealkylation sites (tertiary alicyclic amines) is 1. The Balaban J connectivity index is 1.28. The lowest BCUT2D eigenvalue weighted by atomic mass is 10.1. The summed E-state index contributed by atoms with van der Waals surface area (Å²) in [5, 5.41) is 6.49. The number of hydrogen-bond acceptors (Lipinski definition) is 7. The van der Waals surface area contributed by atoms with E-state index in [2.05, 4.69) is 20.4 Å². The summed E-state index contributed by atoms with van der Waals surface area (Å²) in [6, 6.07) is 1.18. The summed E-state index contributed by atoms with van der Waals surface area (Å²) in [6.45, 7) is -0.0779. The van der Waals surface area contributed by atoms with Gasteiger partial charge in [-0.05, 0) is 36.8 Å². The number of carbonyl (C=O) groups is 2. The van der Waals surface area contributed by atoms with Crippen molar-refractivity contribution in [2.75, 3.05) is 25.9 Å². The van der Waals surface area contributed by atoms with Crippen LogP contribution in [-0.2, 0) is 11.0 Å². The number of methoxy groups -OCH3 is 1. The molecule has 200 valence electrons. The van der Waals surface area contributed by atoms with Crippen molar-refractivity contribution in [1.29, 1.82) is 0 Å². The number of fused-ring (bicyclic) bond motifs is 1. The maximum Gasteiger partial charge on any atom is 0.418 e. The summed E-state index contributed by atoms with van der Waals surface area (Å²) in [5.74, 6) is -1.35. The third-order valence-electron chi connectivity index (χ3n) is 7.73. The van der Waals surface area contributed by atoms with Gasteiger partial charge in [-0.25, -0.2) is 18.9 Å². The highest BCUT2D eigenvalue weighted by molar-refractivity contribution is 5.98. The molecule has 38 heavy (non-hydrogen) atoms. The minimum Gasteiger partial charge on any atom is -0.480 e. The van der Waals surface area contributed by atoms with Gasteiger partial charge in [0.05, 0.1) is 31.0 Å². The highest BCUT2D eigenvalue weighted by Gasteiger charge is 2.66. The van der Waals surface area contributed by atoms with Gasteiger partial charge in [-0.15, -0.1) is 0 Å². The standard InChI is InChI=1S/C24H23F4N7O3/c1-38-21-12(20(36)33-16-9-34(8-15(16)25)22(37)14-6-23(14)2-3-23)4-11(7-30-21)17-5-13(24(26,27)28)18-19(29)31-10-32-35(17)18/h4-5,7,10,14-16H,2-3,6,8-9H2,1H3,(H,33,36)(H2,29,31,32)/t14?,15-,16+/m0/s1. The van der Waals surface area contributed by atoms with Crippen LogP contribution in [0.5, 0.6) is 5.88 Å². The minimum atomic E-state index is -4.75. The molecule has 3 aromatic rings. The molecule has 14 heteroatoms. The smallest absolute Gasteiger partial charge is 0.418 e. The Morgan fingerprint density at radius 3 is 2.63 bits per heavy atom. The van der Waals surface area contributed by atoms with Gasteiger partial charge in [0.15, 0.2) is 5.82 Å². The largest absolute Gasteiger partial charge is 0.480 e. The molecule has 10 nitrogen and oxygen atoms in total. The lowest BCUT2D eigenvalue weighted by Crippen LogP contribution is -2.42. The molecule has 0 radical (unpaired) electrons. The lowest BCUT2D eigenvalue weighted by molar-refractivity contribution is -0.136. The first-order valence-electron chi connectivity index (χ1n) is 12.0. The van der Waals surface area contributed by atoms with Crippen LogP contribution >= 0.6 is 0 Å². The van der Waals surface area contributed by atoms with Crippen LogP contribution < -0.4 is 15.8 Å². The Hall–Kier alpha value is -3.97. The number of rotatable bonds is 5. The van der Waals surface area contributed by atoms with E-state index in [9.17, 15) is 27.2 Å². The van der Waals surface area contributed by atoms with Crippen LogP contribution in [0.2, 0.25) is 0 Å². The van der Waals surface area contributed by atoms with Crippen molar-refractivity contribution >= 4 is 23.1 Å². The van der Waals surface area contributed by atoms with E-state index in [0.717, 1.165) is 36.2 Å². The third-order valence-corrected chi connectivity index (χ3v) is 7.73. The topological polar surface area (TPSA) is 128 Å². The molecule has 1 aliphatic heterocycles. The molecule has 1 spiro atoms. The minimum absolute atomic E-state index is 0.0300. The Bertz CT molecular complexity index is 1470. The number of aromatic nitrogens is 4.